The van der Waals surface area contributed by atoms with Gasteiger partial charge in [-0.25, -0.2) is 9.59 Å². The van der Waals surface area contributed by atoms with Crippen molar-refractivity contribution < 1.29 is 19.1 Å². The smallest absolute Gasteiger partial charge is 0.382 e. The van der Waals surface area contributed by atoms with Crippen LogP contribution in [0.15, 0.2) is 0 Å². The third kappa shape index (κ3) is 5.27. The van der Waals surface area contributed by atoms with Crippen molar-refractivity contribution in [2.45, 2.75) is 26.3 Å². The van der Waals surface area contributed by atoms with E-state index in [9.17, 15) is 14.4 Å². The minimum atomic E-state index is -1.13. The number of hydrogen-bond acceptors (Lipinski definition) is 6. The fraction of sp³-hybridized carbons (Fsp3) is 0.700. The van der Waals surface area contributed by atoms with Crippen LogP contribution in [-0.4, -0.2) is 35.8 Å². The Balaban J connectivity index is 4.14. The molecule has 16 heavy (non-hydrogen) atoms. The van der Waals surface area contributed by atoms with Crippen LogP contribution in [0.5, 0.6) is 0 Å². The number of ether oxygens (including phenoxy) is 1. The molecular weight excluding hydrogens is 230 g/mol. The molecule has 92 valence electrons. The van der Waals surface area contributed by atoms with Crippen molar-refractivity contribution in [2.24, 2.45) is 11.7 Å². The van der Waals surface area contributed by atoms with Gasteiger partial charge in [-0.1, -0.05) is 13.8 Å². The van der Waals surface area contributed by atoms with Crippen LogP contribution < -0.4 is 5.73 Å². The summed E-state index contributed by atoms with van der Waals surface area (Å²) in [4.78, 5) is 33.5. The lowest BCUT2D eigenvalue weighted by Gasteiger charge is -2.09. The molecule has 0 aromatic carbocycles. The minimum absolute atomic E-state index is 0.420. The van der Waals surface area contributed by atoms with Crippen LogP contribution in [0.3, 0.4) is 0 Å². The summed E-state index contributed by atoms with van der Waals surface area (Å²) in [6, 6.07) is -0.851. The third-order valence-corrected chi connectivity index (χ3v) is 2.50. The lowest BCUT2D eigenvalue weighted by molar-refractivity contribution is -0.165. The van der Waals surface area contributed by atoms with Crippen molar-refractivity contribution >= 4 is 29.5 Å². The number of hydrogen-bond donors (Lipinski definition) is 1. The second-order valence-corrected chi connectivity index (χ2v) is 4.60. The number of ketones is 1. The summed E-state index contributed by atoms with van der Waals surface area (Å²) < 4.78 is 4.37. The largest absolute Gasteiger partial charge is 0.386 e. The zero-order valence-electron chi connectivity index (χ0n) is 9.69. The molecule has 0 saturated carbocycles. The number of carbonyl (C=O) groups is 3. The molecule has 0 amide bonds. The molecule has 0 fully saturated rings. The van der Waals surface area contributed by atoms with Crippen molar-refractivity contribution in [3.05, 3.63) is 0 Å². The second kappa shape index (κ2) is 7.40. The average Bonchev–Trinajstić information content (AvgIpc) is 2.24. The molecule has 6 heteroatoms. The standard InChI is InChI=1S/C10H17NO4S/c1-6(2)8(12)10(14)15-9(13)7(11)4-5-16-3/h6-7H,4-5,11H2,1-3H3/t7-/m0/s1. The van der Waals surface area contributed by atoms with E-state index in [4.69, 9.17) is 5.73 Å². The summed E-state index contributed by atoms with van der Waals surface area (Å²) in [6.07, 6.45) is 2.30. The van der Waals surface area contributed by atoms with E-state index in [-0.39, 0.29) is 0 Å². The highest BCUT2D eigenvalue weighted by atomic mass is 32.2. The van der Waals surface area contributed by atoms with Gasteiger partial charge in [-0.15, -0.1) is 0 Å². The van der Waals surface area contributed by atoms with Crippen LogP contribution in [0, 0.1) is 5.92 Å². The molecule has 0 saturated heterocycles. The number of nitrogens with two attached hydrogens (primary N) is 1. The van der Waals surface area contributed by atoms with E-state index in [1.54, 1.807) is 13.8 Å². The molecule has 0 bridgehead atoms. The topological polar surface area (TPSA) is 86.5 Å². The predicted octanol–water partition coefficient (Wildman–Crippen LogP) is 0.362. The Bertz CT molecular complexity index is 278. The first kappa shape index (κ1) is 15.1. The number of thioether (sulfide) groups is 1. The van der Waals surface area contributed by atoms with Crippen molar-refractivity contribution in [2.75, 3.05) is 12.0 Å². The van der Waals surface area contributed by atoms with Crippen LogP contribution in [0.1, 0.15) is 20.3 Å². The lowest BCUT2D eigenvalue weighted by Crippen LogP contribution is -2.36. The Morgan fingerprint density at radius 1 is 1.31 bits per heavy atom. The molecule has 5 nitrogen and oxygen atoms in total. The molecule has 0 aromatic rings. The molecule has 0 spiro atoms. The fourth-order valence-electron chi connectivity index (χ4n) is 0.816. The third-order valence-electron chi connectivity index (χ3n) is 1.85. The fourth-order valence-corrected chi connectivity index (χ4v) is 1.31. The van der Waals surface area contributed by atoms with E-state index in [1.165, 1.54) is 11.8 Å². The first-order valence-electron chi connectivity index (χ1n) is 4.94. The van der Waals surface area contributed by atoms with Gasteiger partial charge in [0.05, 0.1) is 0 Å². The summed E-state index contributed by atoms with van der Waals surface area (Å²) >= 11 is 1.54. The number of esters is 2. The highest BCUT2D eigenvalue weighted by Gasteiger charge is 2.25. The van der Waals surface area contributed by atoms with Gasteiger partial charge < -0.3 is 10.5 Å². The summed E-state index contributed by atoms with van der Waals surface area (Å²) in [5, 5.41) is 0. The molecule has 2 N–H and O–H groups in total. The molecule has 0 radical (unpaired) electrons. The summed E-state index contributed by atoms with van der Waals surface area (Å²) in [6.45, 7) is 3.11. The van der Waals surface area contributed by atoms with Crippen LogP contribution in [0.4, 0.5) is 0 Å². The molecule has 0 aliphatic rings. The van der Waals surface area contributed by atoms with Crippen molar-refractivity contribution in [3.8, 4) is 0 Å². The molecule has 0 rings (SSSR count). The van der Waals surface area contributed by atoms with Gasteiger partial charge in [0.2, 0.25) is 5.78 Å². The Morgan fingerprint density at radius 2 is 1.88 bits per heavy atom. The van der Waals surface area contributed by atoms with E-state index in [0.29, 0.717) is 12.2 Å². The SMILES string of the molecule is CSCC[C@H](N)C(=O)OC(=O)C(=O)C(C)C. The highest BCUT2D eigenvalue weighted by Crippen LogP contribution is 2.02. The van der Waals surface area contributed by atoms with E-state index < -0.39 is 29.7 Å². The number of rotatable bonds is 6. The quantitative estimate of drug-likeness (QED) is 0.414. The summed E-state index contributed by atoms with van der Waals surface area (Å²) in [5.74, 6) is -2.47. The molecular formula is C10H17NO4S. The maximum atomic E-state index is 11.3. The monoisotopic (exact) mass is 247 g/mol. The molecule has 0 aliphatic carbocycles. The Kier molecular flexibility index (Phi) is 7.00. The van der Waals surface area contributed by atoms with Crippen LogP contribution in [-0.2, 0) is 19.1 Å². The van der Waals surface area contributed by atoms with Gasteiger partial charge in [-0.05, 0) is 18.4 Å². The second-order valence-electron chi connectivity index (χ2n) is 3.62. The lowest BCUT2D eigenvalue weighted by atomic mass is 10.1. The number of carbonyl (C=O) groups excluding carboxylic acids is 3. The van der Waals surface area contributed by atoms with Gasteiger partial charge >= 0.3 is 11.9 Å². The minimum Gasteiger partial charge on any atom is -0.386 e. The molecule has 0 unspecified atom stereocenters. The number of Topliss-reactive ketones (excluding diaryl/α,β-unsaturated/α-hetero) is 1. The van der Waals surface area contributed by atoms with Gasteiger partial charge in [0.25, 0.3) is 0 Å². The van der Waals surface area contributed by atoms with Gasteiger partial charge in [-0.2, -0.15) is 11.8 Å². The van der Waals surface area contributed by atoms with Crippen LogP contribution in [0.2, 0.25) is 0 Å². The first-order chi connectivity index (χ1) is 7.40. The van der Waals surface area contributed by atoms with E-state index >= 15 is 0 Å². The van der Waals surface area contributed by atoms with Crippen LogP contribution in [0.25, 0.3) is 0 Å². The Hall–Kier alpha value is -0.880. The molecule has 0 heterocycles. The van der Waals surface area contributed by atoms with Gasteiger partial charge in [0.15, 0.2) is 0 Å². The van der Waals surface area contributed by atoms with E-state index in [2.05, 4.69) is 4.74 Å². The molecule has 1 atom stereocenters. The van der Waals surface area contributed by atoms with Crippen molar-refractivity contribution in [3.63, 3.8) is 0 Å². The molecule has 0 aromatic heterocycles. The van der Waals surface area contributed by atoms with Crippen molar-refractivity contribution in [1.29, 1.82) is 0 Å². The normalized spacial score (nSPS) is 12.3. The van der Waals surface area contributed by atoms with Gasteiger partial charge in [0, 0.05) is 5.92 Å². The maximum Gasteiger partial charge on any atom is 0.382 e. The first-order valence-corrected chi connectivity index (χ1v) is 6.34. The summed E-state index contributed by atoms with van der Waals surface area (Å²) in [7, 11) is 0. The Morgan fingerprint density at radius 3 is 2.31 bits per heavy atom. The van der Waals surface area contributed by atoms with E-state index in [0.717, 1.165) is 0 Å². The maximum absolute atomic E-state index is 11.3. The van der Waals surface area contributed by atoms with Crippen LogP contribution >= 0.6 is 11.8 Å². The summed E-state index contributed by atoms with van der Waals surface area (Å²) in [5.41, 5.74) is 5.48. The average molecular weight is 247 g/mol. The van der Waals surface area contributed by atoms with Gasteiger partial charge in [0.1, 0.15) is 6.04 Å². The van der Waals surface area contributed by atoms with Gasteiger partial charge in [-0.3, -0.25) is 4.79 Å². The zero-order chi connectivity index (χ0) is 12.7. The zero-order valence-corrected chi connectivity index (χ0v) is 10.5. The highest BCUT2D eigenvalue weighted by molar-refractivity contribution is 7.98. The van der Waals surface area contributed by atoms with E-state index in [1.807, 2.05) is 6.26 Å². The van der Waals surface area contributed by atoms with Crippen molar-refractivity contribution in [1.82, 2.24) is 0 Å². The Labute approximate surface area is 99.1 Å². The molecule has 0 aliphatic heterocycles. The predicted molar refractivity (Wildman–Crippen MR) is 61.9 cm³/mol.